The van der Waals surface area contributed by atoms with Gasteiger partial charge in [0.15, 0.2) is 5.65 Å². The number of carbonyl (C=O) groups is 2. The highest BCUT2D eigenvalue weighted by Crippen LogP contribution is 2.33. The summed E-state index contributed by atoms with van der Waals surface area (Å²) >= 11 is 0. The molecule has 1 fully saturated rings. The van der Waals surface area contributed by atoms with E-state index in [-0.39, 0.29) is 23.7 Å². The number of halogens is 1. The second-order valence-electron chi connectivity index (χ2n) is 9.37. The zero-order chi connectivity index (χ0) is 26.8. The molecule has 1 unspecified atom stereocenters. The molecule has 2 aromatic heterocycles. The number of piperidine rings is 1. The van der Waals surface area contributed by atoms with Crippen molar-refractivity contribution < 1.29 is 14.0 Å². The van der Waals surface area contributed by atoms with Gasteiger partial charge in [-0.3, -0.25) is 9.59 Å². The van der Waals surface area contributed by atoms with Crippen molar-refractivity contribution in [2.75, 3.05) is 18.8 Å². The van der Waals surface area contributed by atoms with E-state index >= 15 is 0 Å². The molecule has 0 saturated carbocycles. The van der Waals surface area contributed by atoms with E-state index in [0.717, 1.165) is 24.0 Å². The summed E-state index contributed by atoms with van der Waals surface area (Å²) in [6.45, 7) is 6.81. The lowest BCUT2D eigenvalue weighted by Gasteiger charge is -2.32. The molecule has 2 amide bonds. The number of nitrogens with one attached hydrogen (secondary N) is 1. The van der Waals surface area contributed by atoms with Crippen molar-refractivity contribution in [1.29, 1.82) is 0 Å². The van der Waals surface area contributed by atoms with Gasteiger partial charge in [-0.25, -0.2) is 19.0 Å². The smallest absolute Gasteiger partial charge is 0.251 e. The van der Waals surface area contributed by atoms with Gasteiger partial charge in [0.05, 0.1) is 11.4 Å². The number of amides is 2. The predicted octanol–water partition coefficient (Wildman–Crippen LogP) is 3.80. The highest BCUT2D eigenvalue weighted by atomic mass is 19.1. The van der Waals surface area contributed by atoms with E-state index < -0.39 is 0 Å². The SMILES string of the molecule is C=CC(=O)N1CCCC(n2nc(-c3ccc(CNC(=O)c4ccc(F)cc4C)cc3)c3c(N)ncnc32)C1. The van der Waals surface area contributed by atoms with Crippen LogP contribution in [0.4, 0.5) is 10.2 Å². The zero-order valence-corrected chi connectivity index (χ0v) is 21.0. The number of hydrogen-bond donors (Lipinski definition) is 2. The Morgan fingerprint density at radius 3 is 2.74 bits per heavy atom. The number of nitrogen functional groups attached to an aromatic ring is 1. The Balaban J connectivity index is 1.39. The van der Waals surface area contributed by atoms with Crippen LogP contribution < -0.4 is 11.1 Å². The molecule has 3 heterocycles. The Bertz CT molecular complexity index is 1530. The Hall–Kier alpha value is -4.60. The van der Waals surface area contributed by atoms with Gasteiger partial charge in [-0.1, -0.05) is 30.8 Å². The van der Waals surface area contributed by atoms with Crippen LogP contribution in [0.3, 0.4) is 0 Å². The topological polar surface area (TPSA) is 119 Å². The molecule has 4 aromatic rings. The lowest BCUT2D eigenvalue weighted by Crippen LogP contribution is -2.40. The number of aryl methyl sites for hydroxylation is 1. The minimum atomic E-state index is -0.373. The van der Waals surface area contributed by atoms with Gasteiger partial charge in [0, 0.05) is 30.8 Å². The van der Waals surface area contributed by atoms with Gasteiger partial charge in [-0.15, -0.1) is 0 Å². The highest BCUT2D eigenvalue weighted by Gasteiger charge is 2.28. The highest BCUT2D eigenvalue weighted by molar-refractivity contribution is 5.98. The molecule has 9 nitrogen and oxygen atoms in total. The van der Waals surface area contributed by atoms with Crippen LogP contribution in [0.5, 0.6) is 0 Å². The van der Waals surface area contributed by atoms with E-state index in [1.54, 1.807) is 11.8 Å². The van der Waals surface area contributed by atoms with Crippen LogP contribution in [-0.4, -0.2) is 49.6 Å². The number of benzene rings is 2. The molecule has 0 bridgehead atoms. The van der Waals surface area contributed by atoms with Crippen molar-refractivity contribution in [3.8, 4) is 11.3 Å². The first kappa shape index (κ1) is 25.1. The number of aromatic nitrogens is 4. The molecular formula is C28H28FN7O2. The molecule has 1 saturated heterocycles. The molecule has 0 spiro atoms. The Morgan fingerprint density at radius 1 is 1.21 bits per heavy atom. The lowest BCUT2D eigenvalue weighted by molar-refractivity contribution is -0.127. The number of rotatable bonds is 6. The average molecular weight is 514 g/mol. The van der Waals surface area contributed by atoms with E-state index in [4.69, 9.17) is 10.8 Å². The summed E-state index contributed by atoms with van der Waals surface area (Å²) in [5.41, 5.74) is 10.3. The molecule has 38 heavy (non-hydrogen) atoms. The van der Waals surface area contributed by atoms with Crippen molar-refractivity contribution in [1.82, 2.24) is 30.0 Å². The minimum absolute atomic E-state index is 0.0531. The number of fused-ring (bicyclic) bond motifs is 1. The molecule has 2 aromatic carbocycles. The van der Waals surface area contributed by atoms with Gasteiger partial charge in [0.1, 0.15) is 23.7 Å². The summed E-state index contributed by atoms with van der Waals surface area (Å²) in [4.78, 5) is 35.2. The number of likely N-dealkylation sites (tertiary alicyclic amines) is 1. The van der Waals surface area contributed by atoms with E-state index in [1.807, 2.05) is 28.9 Å². The quantitative estimate of drug-likeness (QED) is 0.379. The maximum atomic E-state index is 13.4. The normalized spacial score (nSPS) is 15.4. The molecule has 0 aliphatic carbocycles. The second-order valence-corrected chi connectivity index (χ2v) is 9.37. The first-order valence-corrected chi connectivity index (χ1v) is 12.4. The maximum Gasteiger partial charge on any atom is 0.251 e. The molecule has 0 radical (unpaired) electrons. The lowest BCUT2D eigenvalue weighted by atomic mass is 10.1. The molecule has 1 atom stereocenters. The van der Waals surface area contributed by atoms with Gasteiger partial charge >= 0.3 is 0 Å². The summed E-state index contributed by atoms with van der Waals surface area (Å²) in [5.74, 6) is -0.408. The Morgan fingerprint density at radius 2 is 2.00 bits per heavy atom. The Kier molecular flexibility index (Phi) is 6.87. The van der Waals surface area contributed by atoms with E-state index in [1.165, 1.54) is 30.6 Å². The number of hydrogen-bond acceptors (Lipinski definition) is 6. The third kappa shape index (κ3) is 4.84. The van der Waals surface area contributed by atoms with Crippen LogP contribution in [0, 0.1) is 12.7 Å². The van der Waals surface area contributed by atoms with Crippen LogP contribution in [0.2, 0.25) is 0 Å². The molecule has 10 heteroatoms. The van der Waals surface area contributed by atoms with Crippen LogP contribution in [0.1, 0.15) is 40.4 Å². The fraction of sp³-hybridized carbons (Fsp3) is 0.250. The molecule has 1 aliphatic heterocycles. The molecule has 1 aliphatic rings. The van der Waals surface area contributed by atoms with Crippen molar-refractivity contribution >= 4 is 28.7 Å². The molecular weight excluding hydrogens is 485 g/mol. The standard InChI is InChI=1S/C28H28FN7O2/c1-3-23(37)35-12-4-5-21(15-35)36-27-24(26(30)32-16-33-27)25(34-36)19-8-6-18(7-9-19)14-31-28(38)22-11-10-20(29)13-17(22)2/h3,6-11,13,16,21H,1,4-5,12,14-15H2,2H3,(H,31,38)(H2,30,32,33). The van der Waals surface area contributed by atoms with Gasteiger partial charge in [-0.05, 0) is 55.2 Å². The summed E-state index contributed by atoms with van der Waals surface area (Å²) in [7, 11) is 0. The number of nitrogens with zero attached hydrogens (tertiary/aromatic N) is 5. The van der Waals surface area contributed by atoms with E-state index in [2.05, 4.69) is 21.9 Å². The zero-order valence-electron chi connectivity index (χ0n) is 21.0. The number of nitrogens with two attached hydrogens (primary N) is 1. The van der Waals surface area contributed by atoms with Gasteiger partial charge in [-0.2, -0.15) is 5.10 Å². The number of anilines is 1. The van der Waals surface area contributed by atoms with Crippen LogP contribution in [-0.2, 0) is 11.3 Å². The van der Waals surface area contributed by atoms with Crippen molar-refractivity contribution in [2.24, 2.45) is 0 Å². The van der Waals surface area contributed by atoms with Crippen LogP contribution in [0.15, 0.2) is 61.4 Å². The monoisotopic (exact) mass is 513 g/mol. The van der Waals surface area contributed by atoms with Gasteiger partial charge < -0.3 is 16.0 Å². The van der Waals surface area contributed by atoms with E-state index in [0.29, 0.717) is 53.3 Å². The second kappa shape index (κ2) is 10.4. The maximum absolute atomic E-state index is 13.4. The van der Waals surface area contributed by atoms with Crippen LogP contribution in [0.25, 0.3) is 22.3 Å². The summed E-state index contributed by atoms with van der Waals surface area (Å²) < 4.78 is 15.2. The predicted molar refractivity (Wildman–Crippen MR) is 143 cm³/mol. The first-order valence-electron chi connectivity index (χ1n) is 12.4. The van der Waals surface area contributed by atoms with Crippen molar-refractivity contribution in [3.63, 3.8) is 0 Å². The van der Waals surface area contributed by atoms with E-state index in [9.17, 15) is 14.0 Å². The van der Waals surface area contributed by atoms with Crippen molar-refractivity contribution in [3.05, 3.63) is 84.0 Å². The summed E-state index contributed by atoms with van der Waals surface area (Å²) in [6, 6.07) is 11.7. The third-order valence-corrected chi connectivity index (χ3v) is 6.86. The molecule has 194 valence electrons. The summed E-state index contributed by atoms with van der Waals surface area (Å²) in [6.07, 6.45) is 4.45. The first-order chi connectivity index (χ1) is 18.4. The third-order valence-electron chi connectivity index (χ3n) is 6.86. The minimum Gasteiger partial charge on any atom is -0.383 e. The fourth-order valence-electron chi connectivity index (χ4n) is 4.88. The average Bonchev–Trinajstić information content (AvgIpc) is 3.33. The fourth-order valence-corrected chi connectivity index (χ4v) is 4.88. The van der Waals surface area contributed by atoms with Crippen LogP contribution >= 0.6 is 0 Å². The number of carbonyl (C=O) groups excluding carboxylic acids is 2. The van der Waals surface area contributed by atoms with Gasteiger partial charge in [0.2, 0.25) is 5.91 Å². The summed E-state index contributed by atoms with van der Waals surface area (Å²) in [5, 5.41) is 8.43. The molecule has 3 N–H and O–H groups in total. The van der Waals surface area contributed by atoms with Crippen molar-refractivity contribution in [2.45, 2.75) is 32.4 Å². The van der Waals surface area contributed by atoms with Gasteiger partial charge in [0.25, 0.3) is 5.91 Å². The molecule has 5 rings (SSSR count). The largest absolute Gasteiger partial charge is 0.383 e. The Labute approximate surface area is 219 Å².